The highest BCUT2D eigenvalue weighted by molar-refractivity contribution is 5.91. The molecule has 7 nitrogen and oxygen atoms in total. The molecular weight excluding hydrogens is 344 g/mol. The number of methoxy groups -OCH3 is 1. The van der Waals surface area contributed by atoms with Gasteiger partial charge in [0, 0.05) is 36.2 Å². The summed E-state index contributed by atoms with van der Waals surface area (Å²) < 4.78 is 4.56. The molecule has 1 aliphatic heterocycles. The molecule has 27 heavy (non-hydrogen) atoms. The maximum atomic E-state index is 12.3. The minimum atomic E-state index is -0.554. The van der Waals surface area contributed by atoms with Gasteiger partial charge in [0.25, 0.3) is 0 Å². The number of hydrogen-bond donors (Lipinski definition) is 3. The zero-order valence-electron chi connectivity index (χ0n) is 15.3. The van der Waals surface area contributed by atoms with Crippen molar-refractivity contribution in [2.75, 3.05) is 35.7 Å². The molecule has 1 saturated heterocycles. The van der Waals surface area contributed by atoms with Crippen molar-refractivity contribution < 1.29 is 14.3 Å². The van der Waals surface area contributed by atoms with E-state index in [1.54, 1.807) is 24.3 Å². The highest BCUT2D eigenvalue weighted by Crippen LogP contribution is 2.20. The van der Waals surface area contributed by atoms with Gasteiger partial charge in [-0.3, -0.25) is 5.32 Å². The summed E-state index contributed by atoms with van der Waals surface area (Å²) in [7, 11) is 1.30. The summed E-state index contributed by atoms with van der Waals surface area (Å²) >= 11 is 0. The van der Waals surface area contributed by atoms with Gasteiger partial charge in [0.2, 0.25) is 0 Å². The van der Waals surface area contributed by atoms with E-state index in [0.717, 1.165) is 25.9 Å². The number of amides is 3. The molecule has 7 heteroatoms. The lowest BCUT2D eigenvalue weighted by Gasteiger charge is -2.33. The number of anilines is 3. The molecule has 0 unspecified atom stereocenters. The van der Waals surface area contributed by atoms with Crippen LogP contribution in [0.15, 0.2) is 54.6 Å². The van der Waals surface area contributed by atoms with Crippen LogP contribution in [-0.2, 0) is 4.74 Å². The number of carbonyl (C=O) groups excluding carboxylic acids is 2. The molecule has 2 aromatic carbocycles. The van der Waals surface area contributed by atoms with Gasteiger partial charge in [-0.2, -0.15) is 0 Å². The summed E-state index contributed by atoms with van der Waals surface area (Å²) in [5.74, 6) is 0. The molecular formula is C20H24N4O3. The molecule has 2 aromatic rings. The Morgan fingerprint density at radius 3 is 2.30 bits per heavy atom. The predicted octanol–water partition coefficient (Wildman–Crippen LogP) is 3.66. The Morgan fingerprint density at radius 2 is 1.63 bits per heavy atom. The molecule has 0 radical (unpaired) electrons. The zero-order chi connectivity index (χ0) is 19.1. The van der Waals surface area contributed by atoms with Crippen molar-refractivity contribution in [3.63, 3.8) is 0 Å². The summed E-state index contributed by atoms with van der Waals surface area (Å²) in [5, 5.41) is 8.40. The number of para-hydroxylation sites is 1. The van der Waals surface area contributed by atoms with Crippen LogP contribution in [0.4, 0.5) is 26.7 Å². The third-order valence-electron chi connectivity index (χ3n) is 4.50. The van der Waals surface area contributed by atoms with E-state index in [0.29, 0.717) is 11.4 Å². The van der Waals surface area contributed by atoms with E-state index in [-0.39, 0.29) is 12.1 Å². The summed E-state index contributed by atoms with van der Waals surface area (Å²) in [6, 6.07) is 17.1. The lowest BCUT2D eigenvalue weighted by Crippen LogP contribution is -2.46. The van der Waals surface area contributed by atoms with Gasteiger partial charge in [0.1, 0.15) is 0 Å². The van der Waals surface area contributed by atoms with Crippen LogP contribution in [-0.4, -0.2) is 38.4 Å². The van der Waals surface area contributed by atoms with Crippen molar-refractivity contribution >= 4 is 29.2 Å². The topological polar surface area (TPSA) is 82.7 Å². The molecule has 0 aliphatic carbocycles. The van der Waals surface area contributed by atoms with E-state index in [1.165, 1.54) is 12.8 Å². The van der Waals surface area contributed by atoms with Crippen molar-refractivity contribution in [1.29, 1.82) is 0 Å². The summed E-state index contributed by atoms with van der Waals surface area (Å²) in [4.78, 5) is 25.9. The SMILES string of the molecule is COC(=O)Nc1cccc(NC(=O)NC2CCN(c3ccccc3)CC2)c1. The van der Waals surface area contributed by atoms with Gasteiger partial charge in [-0.05, 0) is 43.2 Å². The lowest BCUT2D eigenvalue weighted by atomic mass is 10.0. The van der Waals surface area contributed by atoms with Crippen molar-refractivity contribution in [3.05, 3.63) is 54.6 Å². The third kappa shape index (κ3) is 5.37. The fourth-order valence-corrected chi connectivity index (χ4v) is 3.12. The van der Waals surface area contributed by atoms with Crippen LogP contribution in [0.2, 0.25) is 0 Å². The Labute approximate surface area is 158 Å². The van der Waals surface area contributed by atoms with E-state index in [4.69, 9.17) is 0 Å². The third-order valence-corrected chi connectivity index (χ3v) is 4.50. The van der Waals surface area contributed by atoms with E-state index in [9.17, 15) is 9.59 Å². The first-order chi connectivity index (χ1) is 13.1. The molecule has 1 fully saturated rings. The Morgan fingerprint density at radius 1 is 0.963 bits per heavy atom. The smallest absolute Gasteiger partial charge is 0.411 e. The van der Waals surface area contributed by atoms with Crippen LogP contribution in [0.25, 0.3) is 0 Å². The van der Waals surface area contributed by atoms with E-state index >= 15 is 0 Å². The number of urea groups is 1. The molecule has 0 bridgehead atoms. The Balaban J connectivity index is 1.47. The zero-order valence-corrected chi connectivity index (χ0v) is 15.3. The van der Waals surface area contributed by atoms with Crippen LogP contribution < -0.4 is 20.9 Å². The summed E-state index contributed by atoms with van der Waals surface area (Å²) in [5.41, 5.74) is 2.37. The number of hydrogen-bond acceptors (Lipinski definition) is 4. The molecule has 0 atom stereocenters. The van der Waals surface area contributed by atoms with Crippen molar-refractivity contribution in [3.8, 4) is 0 Å². The number of rotatable bonds is 4. The Kier molecular flexibility index (Phi) is 6.14. The monoisotopic (exact) mass is 368 g/mol. The Hall–Kier alpha value is -3.22. The lowest BCUT2D eigenvalue weighted by molar-refractivity contribution is 0.187. The fraction of sp³-hybridized carbons (Fsp3) is 0.300. The maximum Gasteiger partial charge on any atom is 0.411 e. The number of piperidine rings is 1. The average Bonchev–Trinajstić information content (AvgIpc) is 2.69. The fourth-order valence-electron chi connectivity index (χ4n) is 3.12. The quantitative estimate of drug-likeness (QED) is 0.769. The predicted molar refractivity (Wildman–Crippen MR) is 106 cm³/mol. The van der Waals surface area contributed by atoms with Crippen molar-refractivity contribution in [1.82, 2.24) is 5.32 Å². The maximum absolute atomic E-state index is 12.3. The minimum Gasteiger partial charge on any atom is -0.453 e. The van der Waals surface area contributed by atoms with Crippen molar-refractivity contribution in [2.45, 2.75) is 18.9 Å². The van der Waals surface area contributed by atoms with Crippen LogP contribution in [0.1, 0.15) is 12.8 Å². The minimum absolute atomic E-state index is 0.140. The molecule has 0 aromatic heterocycles. The second kappa shape index (κ2) is 8.93. The second-order valence-electron chi connectivity index (χ2n) is 6.39. The van der Waals surface area contributed by atoms with E-state index in [1.807, 2.05) is 18.2 Å². The molecule has 3 amide bonds. The van der Waals surface area contributed by atoms with Gasteiger partial charge in [-0.1, -0.05) is 24.3 Å². The first-order valence-corrected chi connectivity index (χ1v) is 8.96. The molecule has 1 heterocycles. The second-order valence-corrected chi connectivity index (χ2v) is 6.39. The molecule has 1 aliphatic rings. The van der Waals surface area contributed by atoms with Gasteiger partial charge >= 0.3 is 12.1 Å². The Bertz CT molecular complexity index is 774. The molecule has 0 spiro atoms. The standard InChI is InChI=1S/C20H24N4O3/c1-27-20(26)23-17-7-5-6-16(14-17)22-19(25)21-15-10-12-24(13-11-15)18-8-3-2-4-9-18/h2-9,14-15H,10-13H2,1H3,(H,23,26)(H2,21,22,25). The molecule has 3 N–H and O–H groups in total. The average molecular weight is 368 g/mol. The first kappa shape index (κ1) is 18.6. The van der Waals surface area contributed by atoms with Gasteiger partial charge in [-0.15, -0.1) is 0 Å². The van der Waals surface area contributed by atoms with Crippen molar-refractivity contribution in [2.24, 2.45) is 0 Å². The van der Waals surface area contributed by atoms with Gasteiger partial charge in [0.15, 0.2) is 0 Å². The van der Waals surface area contributed by atoms with Gasteiger partial charge < -0.3 is 20.3 Å². The molecule has 0 saturated carbocycles. The normalized spacial score (nSPS) is 14.3. The molecule has 142 valence electrons. The van der Waals surface area contributed by atoms with Gasteiger partial charge in [-0.25, -0.2) is 9.59 Å². The summed E-state index contributed by atoms with van der Waals surface area (Å²) in [6.45, 7) is 1.82. The molecule has 3 rings (SSSR count). The highest BCUT2D eigenvalue weighted by atomic mass is 16.5. The highest BCUT2D eigenvalue weighted by Gasteiger charge is 2.20. The van der Waals surface area contributed by atoms with Gasteiger partial charge in [0.05, 0.1) is 7.11 Å². The number of ether oxygens (including phenoxy) is 1. The first-order valence-electron chi connectivity index (χ1n) is 8.96. The van der Waals surface area contributed by atoms with Crippen LogP contribution in [0.3, 0.4) is 0 Å². The van der Waals surface area contributed by atoms with Crippen LogP contribution in [0.5, 0.6) is 0 Å². The number of nitrogens with one attached hydrogen (secondary N) is 3. The number of benzene rings is 2. The van der Waals surface area contributed by atoms with Crippen LogP contribution >= 0.6 is 0 Å². The number of nitrogens with zero attached hydrogens (tertiary/aromatic N) is 1. The summed E-state index contributed by atoms with van der Waals surface area (Å²) in [6.07, 6.45) is 1.24. The van der Waals surface area contributed by atoms with E-state index < -0.39 is 6.09 Å². The van der Waals surface area contributed by atoms with E-state index in [2.05, 4.69) is 37.7 Å². The van der Waals surface area contributed by atoms with Crippen LogP contribution in [0, 0.1) is 0 Å². The largest absolute Gasteiger partial charge is 0.453 e. The number of carbonyl (C=O) groups is 2.